The van der Waals surface area contributed by atoms with Crippen LogP contribution in [0.1, 0.15) is 30.7 Å². The standard InChI is InChI=1S/C15H20BrN3O/c1-4-13(9-12-7-5-6-8-14(12)16)19(3)10-15-18-17-11(2)20-15/h5-8,13H,4,9-10H2,1-3H3/t13-/m0/s1. The van der Waals surface area contributed by atoms with Crippen molar-refractivity contribution in [3.05, 3.63) is 46.1 Å². The third-order valence-electron chi connectivity index (χ3n) is 3.46. The van der Waals surface area contributed by atoms with E-state index in [-0.39, 0.29) is 0 Å². The van der Waals surface area contributed by atoms with Crippen LogP contribution in [0.15, 0.2) is 33.2 Å². The molecule has 0 N–H and O–H groups in total. The fraction of sp³-hybridized carbons (Fsp3) is 0.467. The first-order valence-corrected chi connectivity index (χ1v) is 7.62. The van der Waals surface area contributed by atoms with E-state index < -0.39 is 0 Å². The molecule has 0 unspecified atom stereocenters. The molecule has 0 aliphatic heterocycles. The summed E-state index contributed by atoms with van der Waals surface area (Å²) in [6.07, 6.45) is 2.08. The summed E-state index contributed by atoms with van der Waals surface area (Å²) in [4.78, 5) is 2.27. The van der Waals surface area contributed by atoms with Gasteiger partial charge in [0.25, 0.3) is 0 Å². The molecule has 0 spiro atoms. The first kappa shape index (κ1) is 15.2. The normalized spacial score (nSPS) is 12.8. The van der Waals surface area contributed by atoms with Crippen LogP contribution in [0.3, 0.4) is 0 Å². The highest BCUT2D eigenvalue weighted by Crippen LogP contribution is 2.20. The lowest BCUT2D eigenvalue weighted by Gasteiger charge is -2.26. The Morgan fingerprint density at radius 1 is 1.30 bits per heavy atom. The first-order valence-electron chi connectivity index (χ1n) is 6.82. The average Bonchev–Trinajstić information content (AvgIpc) is 2.83. The molecule has 1 atom stereocenters. The van der Waals surface area contributed by atoms with Gasteiger partial charge in [0.1, 0.15) is 0 Å². The van der Waals surface area contributed by atoms with Crippen molar-refractivity contribution in [1.82, 2.24) is 15.1 Å². The van der Waals surface area contributed by atoms with Crippen LogP contribution in [-0.2, 0) is 13.0 Å². The zero-order chi connectivity index (χ0) is 14.5. The van der Waals surface area contributed by atoms with Crippen LogP contribution >= 0.6 is 15.9 Å². The van der Waals surface area contributed by atoms with Gasteiger partial charge >= 0.3 is 0 Å². The largest absolute Gasteiger partial charge is 0.424 e. The molecular weight excluding hydrogens is 318 g/mol. The molecule has 0 aliphatic carbocycles. The van der Waals surface area contributed by atoms with Crippen LogP contribution < -0.4 is 0 Å². The van der Waals surface area contributed by atoms with Crippen molar-refractivity contribution < 1.29 is 4.42 Å². The molecule has 2 rings (SSSR count). The lowest BCUT2D eigenvalue weighted by atomic mass is 10.0. The van der Waals surface area contributed by atoms with Gasteiger partial charge in [0.15, 0.2) is 0 Å². The molecule has 4 nitrogen and oxygen atoms in total. The smallest absolute Gasteiger partial charge is 0.230 e. The molecule has 2 aromatic rings. The van der Waals surface area contributed by atoms with E-state index in [1.807, 2.05) is 13.0 Å². The van der Waals surface area contributed by atoms with E-state index in [4.69, 9.17) is 4.42 Å². The maximum absolute atomic E-state index is 5.45. The van der Waals surface area contributed by atoms with E-state index in [1.54, 1.807) is 0 Å². The van der Waals surface area contributed by atoms with Crippen LogP contribution in [0.2, 0.25) is 0 Å². The molecule has 1 aromatic carbocycles. The highest BCUT2D eigenvalue weighted by molar-refractivity contribution is 9.10. The summed E-state index contributed by atoms with van der Waals surface area (Å²) < 4.78 is 6.62. The van der Waals surface area contributed by atoms with Crippen LogP contribution in [0.25, 0.3) is 0 Å². The summed E-state index contributed by atoms with van der Waals surface area (Å²) >= 11 is 3.61. The average molecular weight is 338 g/mol. The summed E-state index contributed by atoms with van der Waals surface area (Å²) in [5.74, 6) is 1.29. The predicted molar refractivity (Wildman–Crippen MR) is 82.4 cm³/mol. The van der Waals surface area contributed by atoms with Crippen LogP contribution in [0, 0.1) is 6.92 Å². The Balaban J connectivity index is 2.02. The monoisotopic (exact) mass is 337 g/mol. The molecule has 0 fully saturated rings. The number of likely N-dealkylation sites (N-methyl/N-ethyl adjacent to an activating group) is 1. The van der Waals surface area contributed by atoms with Gasteiger partial charge in [-0.3, -0.25) is 4.90 Å². The van der Waals surface area contributed by atoms with E-state index >= 15 is 0 Å². The van der Waals surface area contributed by atoms with Crippen molar-refractivity contribution in [2.24, 2.45) is 0 Å². The van der Waals surface area contributed by atoms with E-state index in [9.17, 15) is 0 Å². The fourth-order valence-corrected chi connectivity index (χ4v) is 2.72. The number of rotatable bonds is 6. The molecule has 1 heterocycles. The lowest BCUT2D eigenvalue weighted by Crippen LogP contribution is -2.32. The molecule has 20 heavy (non-hydrogen) atoms. The zero-order valence-corrected chi connectivity index (χ0v) is 13.7. The van der Waals surface area contributed by atoms with Gasteiger partial charge < -0.3 is 4.42 Å². The summed E-state index contributed by atoms with van der Waals surface area (Å²) in [6.45, 7) is 4.70. The summed E-state index contributed by atoms with van der Waals surface area (Å²) in [5.41, 5.74) is 1.33. The first-order chi connectivity index (χ1) is 9.60. The molecule has 0 saturated carbocycles. The second-order valence-corrected chi connectivity index (χ2v) is 5.84. The number of nitrogens with zero attached hydrogens (tertiary/aromatic N) is 3. The second-order valence-electron chi connectivity index (χ2n) is 4.99. The van der Waals surface area contributed by atoms with Gasteiger partial charge in [-0.25, -0.2) is 0 Å². The number of benzene rings is 1. The van der Waals surface area contributed by atoms with Gasteiger partial charge in [0.2, 0.25) is 11.8 Å². The number of halogens is 1. The van der Waals surface area contributed by atoms with Crippen molar-refractivity contribution in [3.63, 3.8) is 0 Å². The Hall–Kier alpha value is -1.20. The van der Waals surface area contributed by atoms with Crippen molar-refractivity contribution in [2.45, 2.75) is 39.3 Å². The number of hydrogen-bond acceptors (Lipinski definition) is 4. The van der Waals surface area contributed by atoms with Gasteiger partial charge in [0.05, 0.1) is 6.54 Å². The highest BCUT2D eigenvalue weighted by atomic mass is 79.9. The molecule has 0 saturated heterocycles. The zero-order valence-electron chi connectivity index (χ0n) is 12.1. The Morgan fingerprint density at radius 3 is 2.65 bits per heavy atom. The molecule has 0 aliphatic rings. The van der Waals surface area contributed by atoms with Crippen LogP contribution in [0.5, 0.6) is 0 Å². The van der Waals surface area contributed by atoms with E-state index in [1.165, 1.54) is 10.0 Å². The number of hydrogen-bond donors (Lipinski definition) is 0. The van der Waals surface area contributed by atoms with Crippen molar-refractivity contribution in [2.75, 3.05) is 7.05 Å². The maximum Gasteiger partial charge on any atom is 0.230 e. The van der Waals surface area contributed by atoms with Crippen molar-refractivity contribution in [3.8, 4) is 0 Å². The number of aromatic nitrogens is 2. The van der Waals surface area contributed by atoms with Gasteiger partial charge in [-0.05, 0) is 31.5 Å². The molecule has 108 valence electrons. The van der Waals surface area contributed by atoms with Crippen molar-refractivity contribution in [1.29, 1.82) is 0 Å². The quantitative estimate of drug-likeness (QED) is 0.807. The Labute approximate surface area is 128 Å². The fourth-order valence-electron chi connectivity index (χ4n) is 2.27. The maximum atomic E-state index is 5.45. The second kappa shape index (κ2) is 6.99. The summed E-state index contributed by atoms with van der Waals surface area (Å²) in [7, 11) is 2.10. The Morgan fingerprint density at radius 2 is 2.05 bits per heavy atom. The summed E-state index contributed by atoms with van der Waals surface area (Å²) in [5, 5.41) is 7.93. The van der Waals surface area contributed by atoms with Crippen molar-refractivity contribution >= 4 is 15.9 Å². The summed E-state index contributed by atoms with van der Waals surface area (Å²) in [6, 6.07) is 8.81. The van der Waals surface area contributed by atoms with E-state index in [2.05, 4.69) is 63.2 Å². The number of aryl methyl sites for hydroxylation is 1. The molecule has 0 bridgehead atoms. The topological polar surface area (TPSA) is 42.2 Å². The minimum absolute atomic E-state index is 0.445. The highest BCUT2D eigenvalue weighted by Gasteiger charge is 2.17. The van der Waals surface area contributed by atoms with E-state index in [0.29, 0.717) is 24.4 Å². The van der Waals surface area contributed by atoms with E-state index in [0.717, 1.165) is 12.8 Å². The molecule has 0 radical (unpaired) electrons. The third-order valence-corrected chi connectivity index (χ3v) is 4.23. The van der Waals surface area contributed by atoms with Gasteiger partial charge in [-0.2, -0.15) is 0 Å². The molecule has 1 aromatic heterocycles. The SMILES string of the molecule is CC[C@@H](Cc1ccccc1Br)N(C)Cc1nnc(C)o1. The molecular formula is C15H20BrN3O. The van der Waals surface area contributed by atoms with Crippen LogP contribution in [-0.4, -0.2) is 28.2 Å². The lowest BCUT2D eigenvalue weighted by molar-refractivity contribution is 0.204. The van der Waals surface area contributed by atoms with Crippen LogP contribution in [0.4, 0.5) is 0 Å². The third kappa shape index (κ3) is 3.90. The Kier molecular flexibility index (Phi) is 5.31. The van der Waals surface area contributed by atoms with Gasteiger partial charge in [-0.15, -0.1) is 10.2 Å². The predicted octanol–water partition coefficient (Wildman–Crippen LogP) is 3.59. The Bertz CT molecular complexity index is 556. The molecule has 5 heteroatoms. The van der Waals surface area contributed by atoms with Gasteiger partial charge in [0, 0.05) is 17.4 Å². The molecule has 0 amide bonds. The van der Waals surface area contributed by atoms with Gasteiger partial charge in [-0.1, -0.05) is 41.1 Å². The minimum atomic E-state index is 0.445. The minimum Gasteiger partial charge on any atom is -0.424 e.